The molecule has 0 spiro atoms. The maximum Gasteiger partial charge on any atom is 0.165 e. The normalized spacial score (nSPS) is 10.5. The van der Waals surface area contributed by atoms with Crippen molar-refractivity contribution in [1.82, 2.24) is 15.1 Å². The van der Waals surface area contributed by atoms with Crippen LogP contribution in [0.5, 0.6) is 0 Å². The Balaban J connectivity index is 2.23. The van der Waals surface area contributed by atoms with Gasteiger partial charge in [-0.2, -0.15) is 0 Å². The van der Waals surface area contributed by atoms with Crippen molar-refractivity contribution in [2.75, 3.05) is 0 Å². The molecule has 2 aromatic rings. The molecule has 2 aromatic heterocycles. The third kappa shape index (κ3) is 1.58. The molecular weight excluding hydrogens is 172 g/mol. The van der Waals surface area contributed by atoms with E-state index >= 15 is 0 Å². The Kier molecular flexibility index (Phi) is 2.07. The van der Waals surface area contributed by atoms with Crippen LogP contribution in [-0.4, -0.2) is 15.1 Å². The van der Waals surface area contributed by atoms with E-state index in [4.69, 9.17) is 10.4 Å². The van der Waals surface area contributed by atoms with Gasteiger partial charge >= 0.3 is 0 Å². The highest BCUT2D eigenvalue weighted by Gasteiger charge is 2.07. The lowest BCUT2D eigenvalue weighted by molar-refractivity contribution is 0.103. The van der Waals surface area contributed by atoms with Gasteiger partial charge in [-0.1, -0.05) is 5.16 Å². The second-order valence-electron chi connectivity index (χ2n) is 2.43. The Hall–Kier alpha value is -1.66. The van der Waals surface area contributed by atoms with E-state index in [1.54, 1.807) is 18.5 Å². The number of nitrogens with one attached hydrogen (secondary N) is 1. The van der Waals surface area contributed by atoms with E-state index in [0.29, 0.717) is 17.3 Å². The largest absolute Gasteiger partial charge is 0.358 e. The number of rotatable bonds is 3. The fourth-order valence-corrected chi connectivity index (χ4v) is 0.980. The minimum absolute atomic E-state index is 0.202. The van der Waals surface area contributed by atoms with Crippen LogP contribution in [0.25, 0.3) is 11.5 Å². The molecule has 68 valence electrons. The van der Waals surface area contributed by atoms with Crippen LogP contribution in [0, 0.1) is 0 Å². The van der Waals surface area contributed by atoms with E-state index in [0.717, 1.165) is 0 Å². The lowest BCUT2D eigenvalue weighted by Crippen LogP contribution is -1.97. The van der Waals surface area contributed by atoms with Gasteiger partial charge in [-0.05, 0) is 0 Å². The molecule has 3 N–H and O–H groups in total. The number of aromatic amines is 1. The molecule has 0 aromatic carbocycles. The van der Waals surface area contributed by atoms with Gasteiger partial charge in [-0.25, -0.2) is 10.9 Å². The number of nitrogens with zero attached hydrogens (tertiary/aromatic N) is 2. The van der Waals surface area contributed by atoms with Crippen LogP contribution in [0.15, 0.2) is 23.0 Å². The first-order valence-electron chi connectivity index (χ1n) is 3.67. The zero-order chi connectivity index (χ0) is 9.10. The highest BCUT2D eigenvalue weighted by molar-refractivity contribution is 5.47. The first kappa shape index (κ1) is 7.96. The van der Waals surface area contributed by atoms with Gasteiger partial charge in [0.05, 0.1) is 0 Å². The average Bonchev–Trinajstić information content (AvgIpc) is 2.70. The predicted molar refractivity (Wildman–Crippen MR) is 43.1 cm³/mol. The van der Waals surface area contributed by atoms with Crippen molar-refractivity contribution in [3.8, 4) is 11.5 Å². The van der Waals surface area contributed by atoms with Gasteiger partial charge in [0.2, 0.25) is 0 Å². The molecule has 2 heterocycles. The summed E-state index contributed by atoms with van der Waals surface area (Å²) < 4.78 is 4.91. The number of H-pyrrole nitrogens is 1. The molecule has 13 heavy (non-hydrogen) atoms. The summed E-state index contributed by atoms with van der Waals surface area (Å²) in [6.45, 7) is 0.202. The second kappa shape index (κ2) is 3.38. The molecular formula is C7H8N4O2. The summed E-state index contributed by atoms with van der Waals surface area (Å²) in [4.78, 5) is 11.3. The summed E-state index contributed by atoms with van der Waals surface area (Å²) in [7, 11) is 0. The molecule has 2 rings (SSSR count). The Bertz CT molecular complexity index is 368. The maximum atomic E-state index is 4.91. The number of nitrogens with two attached hydrogens (primary N) is 1. The molecule has 6 nitrogen and oxygen atoms in total. The van der Waals surface area contributed by atoms with E-state index in [2.05, 4.69) is 20.0 Å². The summed E-state index contributed by atoms with van der Waals surface area (Å²) in [5.74, 6) is 6.10. The third-order valence-corrected chi connectivity index (χ3v) is 1.53. The van der Waals surface area contributed by atoms with Crippen LogP contribution >= 0.6 is 0 Å². The van der Waals surface area contributed by atoms with Gasteiger partial charge in [0.25, 0.3) is 0 Å². The Morgan fingerprint density at radius 3 is 3.23 bits per heavy atom. The fourth-order valence-electron chi connectivity index (χ4n) is 0.980. The van der Waals surface area contributed by atoms with E-state index in [9.17, 15) is 0 Å². The topological polar surface area (TPSA) is 90.0 Å². The van der Waals surface area contributed by atoms with Gasteiger partial charge in [0, 0.05) is 18.5 Å². The minimum Gasteiger partial charge on any atom is -0.358 e. The zero-order valence-corrected chi connectivity index (χ0v) is 6.73. The van der Waals surface area contributed by atoms with Gasteiger partial charge in [-0.3, -0.25) is 4.84 Å². The number of hydrogen-bond donors (Lipinski definition) is 2. The van der Waals surface area contributed by atoms with Gasteiger partial charge in [-0.15, -0.1) is 0 Å². The highest BCUT2D eigenvalue weighted by atomic mass is 16.6. The predicted octanol–water partition coefficient (Wildman–Crippen LogP) is 0.455. The first-order valence-corrected chi connectivity index (χ1v) is 3.67. The highest BCUT2D eigenvalue weighted by Crippen LogP contribution is 2.14. The Morgan fingerprint density at radius 1 is 1.62 bits per heavy atom. The van der Waals surface area contributed by atoms with Crippen molar-refractivity contribution in [2.45, 2.75) is 6.61 Å². The lowest BCUT2D eigenvalue weighted by Gasteiger charge is -1.86. The zero-order valence-electron chi connectivity index (χ0n) is 6.73. The smallest absolute Gasteiger partial charge is 0.165 e. The summed E-state index contributed by atoms with van der Waals surface area (Å²) in [6.07, 6.45) is 3.35. The van der Waals surface area contributed by atoms with E-state index in [1.807, 2.05) is 0 Å². The SMILES string of the molecule is NOCc1cc(-c2ncc[nH]2)no1. The van der Waals surface area contributed by atoms with Gasteiger partial charge in [0.15, 0.2) is 11.6 Å². The number of hydrogen-bond acceptors (Lipinski definition) is 5. The van der Waals surface area contributed by atoms with Crippen LogP contribution in [0.3, 0.4) is 0 Å². The molecule has 0 aliphatic carbocycles. The quantitative estimate of drug-likeness (QED) is 0.669. The number of imidazole rings is 1. The molecule has 0 unspecified atom stereocenters. The average molecular weight is 180 g/mol. The molecule has 0 aliphatic rings. The van der Waals surface area contributed by atoms with Crippen molar-refractivity contribution in [1.29, 1.82) is 0 Å². The minimum atomic E-state index is 0.202. The molecule has 0 saturated heterocycles. The van der Waals surface area contributed by atoms with E-state index in [1.165, 1.54) is 0 Å². The van der Waals surface area contributed by atoms with Crippen molar-refractivity contribution >= 4 is 0 Å². The van der Waals surface area contributed by atoms with Crippen molar-refractivity contribution in [2.24, 2.45) is 5.90 Å². The Labute approximate surface area is 73.7 Å². The summed E-state index contributed by atoms with van der Waals surface area (Å²) in [5, 5.41) is 3.77. The summed E-state index contributed by atoms with van der Waals surface area (Å²) in [5.41, 5.74) is 0.636. The van der Waals surface area contributed by atoms with Gasteiger partial charge < -0.3 is 9.51 Å². The summed E-state index contributed by atoms with van der Waals surface area (Å²) in [6, 6.07) is 1.71. The van der Waals surface area contributed by atoms with Crippen LogP contribution < -0.4 is 5.90 Å². The molecule has 0 radical (unpaired) electrons. The number of aromatic nitrogens is 3. The monoisotopic (exact) mass is 180 g/mol. The fraction of sp³-hybridized carbons (Fsp3) is 0.143. The van der Waals surface area contributed by atoms with Crippen LogP contribution in [0.1, 0.15) is 5.76 Å². The molecule has 0 aliphatic heterocycles. The standard InChI is InChI=1S/C7H8N4O2/c8-12-4-5-3-6(11-13-5)7-9-1-2-10-7/h1-3H,4,8H2,(H,9,10). The van der Waals surface area contributed by atoms with Crippen LogP contribution in [-0.2, 0) is 11.4 Å². The van der Waals surface area contributed by atoms with Crippen molar-refractivity contribution in [3.63, 3.8) is 0 Å². The molecule has 0 bridgehead atoms. The lowest BCUT2D eigenvalue weighted by atomic mass is 10.3. The Morgan fingerprint density at radius 2 is 2.54 bits per heavy atom. The molecule has 6 heteroatoms. The first-order chi connectivity index (χ1) is 6.40. The van der Waals surface area contributed by atoms with Crippen molar-refractivity contribution in [3.05, 3.63) is 24.2 Å². The van der Waals surface area contributed by atoms with E-state index in [-0.39, 0.29) is 6.61 Å². The molecule has 0 saturated carbocycles. The van der Waals surface area contributed by atoms with Crippen LogP contribution in [0.2, 0.25) is 0 Å². The maximum absolute atomic E-state index is 4.91. The summed E-state index contributed by atoms with van der Waals surface area (Å²) >= 11 is 0. The van der Waals surface area contributed by atoms with E-state index < -0.39 is 0 Å². The molecule has 0 amide bonds. The van der Waals surface area contributed by atoms with Crippen molar-refractivity contribution < 1.29 is 9.36 Å². The van der Waals surface area contributed by atoms with Crippen LogP contribution in [0.4, 0.5) is 0 Å². The second-order valence-corrected chi connectivity index (χ2v) is 2.43. The molecule has 0 fully saturated rings. The van der Waals surface area contributed by atoms with Gasteiger partial charge in [0.1, 0.15) is 12.3 Å². The molecule has 0 atom stereocenters. The third-order valence-electron chi connectivity index (χ3n) is 1.53.